The number of nitrogens with one attached hydrogen (secondary N) is 1. The molecule has 1 saturated carbocycles. The Labute approximate surface area is 168 Å². The second-order valence-corrected chi connectivity index (χ2v) is 6.77. The van der Waals surface area contributed by atoms with Gasteiger partial charge in [0.15, 0.2) is 16.6 Å². The van der Waals surface area contributed by atoms with Crippen LogP contribution in [-0.4, -0.2) is 36.9 Å². The lowest BCUT2D eigenvalue weighted by atomic mass is 10.2. The van der Waals surface area contributed by atoms with Crippen molar-refractivity contribution in [2.75, 3.05) is 19.5 Å². The van der Waals surface area contributed by atoms with Gasteiger partial charge in [-0.25, -0.2) is 0 Å². The number of alkyl halides is 2. The number of rotatable bonds is 8. The topological polar surface area (TPSA) is 43.0 Å². The first-order valence-corrected chi connectivity index (χ1v) is 9.24. The normalized spacial score (nSPS) is 13.2. The molecule has 0 aromatic heterocycles. The van der Waals surface area contributed by atoms with Crippen molar-refractivity contribution in [2.24, 2.45) is 0 Å². The molecule has 5 nitrogen and oxygen atoms in total. The largest absolute Gasteiger partial charge is 0.497 e. The Hall–Kier alpha value is -2.61. The molecule has 0 heterocycles. The molecule has 28 heavy (non-hydrogen) atoms. The molecule has 1 aliphatic rings. The highest BCUT2D eigenvalue weighted by atomic mass is 32.1. The van der Waals surface area contributed by atoms with Crippen LogP contribution in [0.25, 0.3) is 0 Å². The van der Waals surface area contributed by atoms with Gasteiger partial charge in [0.05, 0.1) is 14.2 Å². The van der Waals surface area contributed by atoms with Gasteiger partial charge in [0.1, 0.15) is 5.75 Å². The third kappa shape index (κ3) is 5.22. The van der Waals surface area contributed by atoms with Crippen LogP contribution in [0.2, 0.25) is 0 Å². The van der Waals surface area contributed by atoms with E-state index in [2.05, 4.69) is 15.0 Å². The second kappa shape index (κ2) is 9.05. The van der Waals surface area contributed by atoms with Gasteiger partial charge in [0.25, 0.3) is 0 Å². The minimum Gasteiger partial charge on any atom is -0.497 e. The number of halogens is 2. The molecule has 0 unspecified atom stereocenters. The Bertz CT molecular complexity index is 831. The van der Waals surface area contributed by atoms with E-state index in [1.807, 2.05) is 24.3 Å². The minimum atomic E-state index is -2.90. The average molecular weight is 408 g/mol. The fourth-order valence-corrected chi connectivity index (χ4v) is 3.18. The maximum atomic E-state index is 12.5. The summed E-state index contributed by atoms with van der Waals surface area (Å²) in [5, 5.41) is 3.85. The Morgan fingerprint density at radius 2 is 1.93 bits per heavy atom. The van der Waals surface area contributed by atoms with E-state index in [9.17, 15) is 8.78 Å². The van der Waals surface area contributed by atoms with E-state index in [4.69, 9.17) is 21.7 Å². The number of nitrogens with zero attached hydrogens (tertiary/aromatic N) is 1. The van der Waals surface area contributed by atoms with Gasteiger partial charge in [-0.05, 0) is 54.9 Å². The average Bonchev–Trinajstić information content (AvgIpc) is 3.51. The monoisotopic (exact) mass is 408 g/mol. The quantitative estimate of drug-likeness (QED) is 0.641. The van der Waals surface area contributed by atoms with Gasteiger partial charge in [0.2, 0.25) is 0 Å². The molecule has 150 valence electrons. The van der Waals surface area contributed by atoms with Gasteiger partial charge in [-0.3, -0.25) is 0 Å². The van der Waals surface area contributed by atoms with Crippen LogP contribution in [0.1, 0.15) is 18.4 Å². The van der Waals surface area contributed by atoms with E-state index in [-0.39, 0.29) is 11.5 Å². The van der Waals surface area contributed by atoms with Crippen LogP contribution >= 0.6 is 12.2 Å². The Balaban J connectivity index is 1.73. The van der Waals surface area contributed by atoms with Crippen molar-refractivity contribution in [2.45, 2.75) is 32.0 Å². The minimum absolute atomic E-state index is 0.0105. The molecule has 1 fully saturated rings. The molecule has 0 atom stereocenters. The summed E-state index contributed by atoms with van der Waals surface area (Å²) in [5.74, 6) is 1.02. The van der Waals surface area contributed by atoms with Crippen LogP contribution in [0, 0.1) is 0 Å². The molecule has 0 saturated heterocycles. The molecule has 0 spiro atoms. The van der Waals surface area contributed by atoms with Crippen molar-refractivity contribution >= 4 is 23.0 Å². The van der Waals surface area contributed by atoms with Crippen molar-refractivity contribution < 1.29 is 23.0 Å². The van der Waals surface area contributed by atoms with Crippen LogP contribution in [0.5, 0.6) is 17.2 Å². The molecule has 0 radical (unpaired) electrons. The first-order valence-electron chi connectivity index (χ1n) is 8.83. The zero-order valence-electron chi connectivity index (χ0n) is 15.7. The Morgan fingerprint density at radius 1 is 1.14 bits per heavy atom. The van der Waals surface area contributed by atoms with Gasteiger partial charge in [-0.2, -0.15) is 8.78 Å². The van der Waals surface area contributed by atoms with Crippen LogP contribution in [-0.2, 0) is 6.54 Å². The van der Waals surface area contributed by atoms with Gasteiger partial charge >= 0.3 is 6.61 Å². The van der Waals surface area contributed by atoms with E-state index in [0.717, 1.165) is 29.8 Å². The summed E-state index contributed by atoms with van der Waals surface area (Å²) in [7, 11) is 3.04. The van der Waals surface area contributed by atoms with Gasteiger partial charge in [-0.15, -0.1) is 0 Å². The highest BCUT2D eigenvalue weighted by molar-refractivity contribution is 7.80. The van der Waals surface area contributed by atoms with Crippen molar-refractivity contribution in [1.82, 2.24) is 4.90 Å². The number of benzene rings is 2. The first kappa shape index (κ1) is 20.1. The highest BCUT2D eigenvalue weighted by Crippen LogP contribution is 2.33. The van der Waals surface area contributed by atoms with Crippen molar-refractivity contribution in [3.63, 3.8) is 0 Å². The molecular formula is C20H22F2N2O3S. The molecule has 0 amide bonds. The summed E-state index contributed by atoms with van der Waals surface area (Å²) in [6.07, 6.45) is 2.12. The number of ether oxygens (including phenoxy) is 3. The smallest absolute Gasteiger partial charge is 0.387 e. The summed E-state index contributed by atoms with van der Waals surface area (Å²) in [6, 6.07) is 12.8. The third-order valence-electron chi connectivity index (χ3n) is 4.37. The molecular weight excluding hydrogens is 386 g/mol. The lowest BCUT2D eigenvalue weighted by Crippen LogP contribution is -2.36. The third-order valence-corrected chi connectivity index (χ3v) is 4.70. The van der Waals surface area contributed by atoms with Crippen molar-refractivity contribution in [3.8, 4) is 17.2 Å². The summed E-state index contributed by atoms with van der Waals surface area (Å²) >= 11 is 5.62. The van der Waals surface area contributed by atoms with Crippen LogP contribution in [0.4, 0.5) is 14.5 Å². The van der Waals surface area contributed by atoms with E-state index < -0.39 is 6.61 Å². The SMILES string of the molecule is COc1cccc(NC(=S)N(Cc2ccc(OC(F)F)c(OC)c2)C2CC2)c1. The summed E-state index contributed by atoms with van der Waals surface area (Å²) in [4.78, 5) is 2.09. The van der Waals surface area contributed by atoms with Crippen LogP contribution in [0.15, 0.2) is 42.5 Å². The molecule has 2 aromatic rings. The fourth-order valence-electron chi connectivity index (χ4n) is 2.85. The van der Waals surface area contributed by atoms with Crippen molar-refractivity contribution in [3.05, 3.63) is 48.0 Å². The van der Waals surface area contributed by atoms with E-state index in [1.165, 1.54) is 13.2 Å². The second-order valence-electron chi connectivity index (χ2n) is 6.38. The lowest BCUT2D eigenvalue weighted by Gasteiger charge is -2.26. The highest BCUT2D eigenvalue weighted by Gasteiger charge is 2.31. The van der Waals surface area contributed by atoms with Gasteiger partial charge in [0, 0.05) is 24.3 Å². The number of anilines is 1. The zero-order chi connectivity index (χ0) is 20.1. The predicted octanol–water partition coefficient (Wildman–Crippen LogP) is 4.67. The lowest BCUT2D eigenvalue weighted by molar-refractivity contribution is -0.0512. The molecule has 0 aliphatic heterocycles. The van der Waals surface area contributed by atoms with Gasteiger partial charge in [-0.1, -0.05) is 12.1 Å². The number of thiocarbonyl (C=S) groups is 1. The Morgan fingerprint density at radius 3 is 2.57 bits per heavy atom. The number of methoxy groups -OCH3 is 2. The molecule has 0 bridgehead atoms. The van der Waals surface area contributed by atoms with E-state index in [0.29, 0.717) is 17.7 Å². The summed E-state index contributed by atoms with van der Waals surface area (Å²) < 4.78 is 39.9. The maximum Gasteiger partial charge on any atom is 0.387 e. The first-order chi connectivity index (χ1) is 13.5. The van der Waals surface area contributed by atoms with Crippen LogP contribution in [0.3, 0.4) is 0 Å². The fraction of sp³-hybridized carbons (Fsp3) is 0.350. The van der Waals surface area contributed by atoms with Crippen LogP contribution < -0.4 is 19.5 Å². The standard InChI is InChI=1S/C20H22F2N2O3S/c1-25-16-5-3-4-14(11-16)23-20(28)24(15-7-8-15)12-13-6-9-17(27-19(21)22)18(10-13)26-2/h3-6,9-11,15,19H,7-8,12H2,1-2H3,(H,23,28). The molecule has 2 aromatic carbocycles. The number of hydrogen-bond acceptors (Lipinski definition) is 4. The van der Waals surface area contributed by atoms with Gasteiger partial charge < -0.3 is 24.4 Å². The Kier molecular flexibility index (Phi) is 6.51. The summed E-state index contributed by atoms with van der Waals surface area (Å²) in [5.41, 5.74) is 1.73. The maximum absolute atomic E-state index is 12.5. The summed E-state index contributed by atoms with van der Waals surface area (Å²) in [6.45, 7) is -2.37. The molecule has 1 aliphatic carbocycles. The van der Waals surface area contributed by atoms with E-state index >= 15 is 0 Å². The molecule has 8 heteroatoms. The predicted molar refractivity (Wildman–Crippen MR) is 107 cm³/mol. The van der Waals surface area contributed by atoms with E-state index in [1.54, 1.807) is 19.2 Å². The molecule has 3 rings (SSSR count). The number of hydrogen-bond donors (Lipinski definition) is 1. The van der Waals surface area contributed by atoms with Crippen molar-refractivity contribution in [1.29, 1.82) is 0 Å². The molecule has 1 N–H and O–H groups in total. The zero-order valence-corrected chi connectivity index (χ0v) is 16.5.